The number of benzene rings is 1. The predicted octanol–water partition coefficient (Wildman–Crippen LogP) is 4.80. The Morgan fingerprint density at radius 2 is 2.00 bits per heavy atom. The number of pyridine rings is 1. The van der Waals surface area contributed by atoms with Gasteiger partial charge in [0.2, 0.25) is 0 Å². The second-order valence-corrected chi connectivity index (χ2v) is 6.19. The van der Waals surface area contributed by atoms with E-state index in [4.69, 9.17) is 0 Å². The minimum Gasteiger partial charge on any atom is -0.320 e. The van der Waals surface area contributed by atoms with Gasteiger partial charge in [-0.15, -0.1) is 0 Å². The number of nitrogens with zero attached hydrogens (tertiary/aromatic N) is 2. The van der Waals surface area contributed by atoms with Gasteiger partial charge in [0.25, 0.3) is 5.91 Å². The molecule has 130 valence electrons. The Labute approximate surface area is 146 Å². The number of hydrogen-bond donors (Lipinski definition) is 1. The first-order valence-electron chi connectivity index (χ1n) is 8.61. The fourth-order valence-corrected chi connectivity index (χ4v) is 3.00. The average molecular weight is 339 g/mol. The molecule has 0 aliphatic heterocycles. The number of hydrogen-bond acceptors (Lipinski definition) is 2. The van der Waals surface area contributed by atoms with Crippen molar-refractivity contribution in [2.24, 2.45) is 0 Å². The van der Waals surface area contributed by atoms with Crippen molar-refractivity contribution in [2.45, 2.75) is 39.5 Å². The lowest BCUT2D eigenvalue weighted by Gasteiger charge is -2.15. The predicted molar refractivity (Wildman–Crippen MR) is 97.6 cm³/mol. The fraction of sp³-hybridized carbons (Fsp3) is 0.300. The van der Waals surface area contributed by atoms with Crippen molar-refractivity contribution >= 4 is 17.2 Å². The number of anilines is 1. The van der Waals surface area contributed by atoms with E-state index in [0.29, 0.717) is 29.4 Å². The number of nitrogens with one attached hydrogen (secondary N) is 1. The molecular formula is C20H22FN3O. The molecule has 1 atom stereocenters. The number of carbonyl (C=O) groups excluding carboxylic acids is 1. The highest BCUT2D eigenvalue weighted by molar-refractivity contribution is 6.05. The molecule has 1 N–H and O–H groups in total. The van der Waals surface area contributed by atoms with Gasteiger partial charge >= 0.3 is 0 Å². The van der Waals surface area contributed by atoms with E-state index in [0.717, 1.165) is 17.7 Å². The molecule has 0 radical (unpaired) electrons. The van der Waals surface area contributed by atoms with Gasteiger partial charge in [-0.25, -0.2) is 9.37 Å². The number of carbonyl (C=O) groups is 1. The topological polar surface area (TPSA) is 46.4 Å². The Morgan fingerprint density at radius 1 is 1.24 bits per heavy atom. The summed E-state index contributed by atoms with van der Waals surface area (Å²) in [7, 11) is 0. The molecule has 1 amide bonds. The Bertz CT molecular complexity index is 916. The summed E-state index contributed by atoms with van der Waals surface area (Å²) in [5.41, 5.74) is 3.49. The van der Waals surface area contributed by atoms with Crippen molar-refractivity contribution in [3.8, 4) is 0 Å². The Morgan fingerprint density at radius 3 is 2.72 bits per heavy atom. The molecule has 0 fully saturated rings. The molecule has 0 saturated heterocycles. The second kappa shape index (κ2) is 7.05. The first-order valence-corrected chi connectivity index (χ1v) is 8.61. The van der Waals surface area contributed by atoms with Gasteiger partial charge in [0.05, 0.1) is 5.69 Å². The van der Waals surface area contributed by atoms with Crippen LogP contribution in [0.1, 0.15) is 54.9 Å². The van der Waals surface area contributed by atoms with E-state index < -0.39 is 5.82 Å². The number of para-hydroxylation sites is 1. The Balaban J connectivity index is 2.03. The minimum absolute atomic E-state index is 0.272. The van der Waals surface area contributed by atoms with E-state index in [9.17, 15) is 9.18 Å². The average Bonchev–Trinajstić information content (AvgIpc) is 2.99. The summed E-state index contributed by atoms with van der Waals surface area (Å²) in [6.45, 7) is 6.18. The summed E-state index contributed by atoms with van der Waals surface area (Å²) in [4.78, 5) is 17.4. The van der Waals surface area contributed by atoms with Crippen molar-refractivity contribution in [3.63, 3.8) is 0 Å². The molecule has 1 unspecified atom stereocenters. The first-order chi connectivity index (χ1) is 12.0. The molecule has 3 rings (SSSR count). The standard InChI is InChI=1S/C20H22FN3O/c1-4-13(3)15-8-6-7-9-17(15)23-20(25)19-16(5-2)22-18-11-10-14(21)12-24(18)19/h6-13H,4-5H2,1-3H3,(H,23,25). The summed E-state index contributed by atoms with van der Waals surface area (Å²) in [5.74, 6) is -0.339. The molecule has 1 aromatic carbocycles. The number of aromatic nitrogens is 2. The van der Waals surface area contributed by atoms with Crippen LogP contribution in [-0.4, -0.2) is 15.3 Å². The maximum absolute atomic E-state index is 13.7. The molecule has 2 aromatic heterocycles. The van der Waals surface area contributed by atoms with Crippen LogP contribution in [0.4, 0.5) is 10.1 Å². The summed E-state index contributed by atoms with van der Waals surface area (Å²) in [5, 5.41) is 2.99. The van der Waals surface area contributed by atoms with Crippen molar-refractivity contribution < 1.29 is 9.18 Å². The van der Waals surface area contributed by atoms with Gasteiger partial charge < -0.3 is 5.32 Å². The van der Waals surface area contributed by atoms with Gasteiger partial charge in [0.1, 0.15) is 17.2 Å². The van der Waals surface area contributed by atoms with E-state index in [-0.39, 0.29) is 5.91 Å². The van der Waals surface area contributed by atoms with E-state index in [1.807, 2.05) is 31.2 Å². The number of aryl methyl sites for hydroxylation is 1. The maximum atomic E-state index is 13.7. The summed E-state index contributed by atoms with van der Waals surface area (Å²) >= 11 is 0. The van der Waals surface area contributed by atoms with Gasteiger partial charge in [0.15, 0.2) is 0 Å². The van der Waals surface area contributed by atoms with Crippen LogP contribution in [0.5, 0.6) is 0 Å². The Hall–Kier alpha value is -2.69. The van der Waals surface area contributed by atoms with Crippen LogP contribution in [0.15, 0.2) is 42.6 Å². The minimum atomic E-state index is -0.401. The maximum Gasteiger partial charge on any atom is 0.274 e. The third-order valence-corrected chi connectivity index (χ3v) is 4.56. The zero-order chi connectivity index (χ0) is 18.0. The molecule has 0 aliphatic carbocycles. The third-order valence-electron chi connectivity index (χ3n) is 4.56. The summed E-state index contributed by atoms with van der Waals surface area (Å²) in [6.07, 6.45) is 2.88. The molecule has 0 spiro atoms. The van der Waals surface area contributed by atoms with E-state index in [1.54, 1.807) is 6.07 Å². The molecule has 2 heterocycles. The highest BCUT2D eigenvalue weighted by atomic mass is 19.1. The van der Waals surface area contributed by atoms with Gasteiger partial charge in [-0.2, -0.15) is 0 Å². The quantitative estimate of drug-likeness (QED) is 0.725. The highest BCUT2D eigenvalue weighted by Crippen LogP contribution is 2.27. The smallest absolute Gasteiger partial charge is 0.274 e. The van der Waals surface area contributed by atoms with Gasteiger partial charge in [-0.05, 0) is 42.5 Å². The molecule has 25 heavy (non-hydrogen) atoms. The van der Waals surface area contributed by atoms with Crippen molar-refractivity contribution in [3.05, 3.63) is 65.4 Å². The number of fused-ring (bicyclic) bond motifs is 1. The van der Waals surface area contributed by atoms with E-state index in [1.165, 1.54) is 16.7 Å². The number of imidazole rings is 1. The fourth-order valence-electron chi connectivity index (χ4n) is 3.00. The van der Waals surface area contributed by atoms with Crippen LogP contribution in [-0.2, 0) is 6.42 Å². The van der Waals surface area contributed by atoms with Crippen LogP contribution in [0.3, 0.4) is 0 Å². The lowest BCUT2D eigenvalue weighted by molar-refractivity contribution is 0.102. The largest absolute Gasteiger partial charge is 0.320 e. The lowest BCUT2D eigenvalue weighted by atomic mass is 9.97. The Kier molecular flexibility index (Phi) is 4.83. The van der Waals surface area contributed by atoms with Crippen LogP contribution >= 0.6 is 0 Å². The summed E-state index contributed by atoms with van der Waals surface area (Å²) < 4.78 is 15.2. The molecule has 3 aromatic rings. The zero-order valence-electron chi connectivity index (χ0n) is 14.7. The zero-order valence-corrected chi connectivity index (χ0v) is 14.7. The van der Waals surface area contributed by atoms with Gasteiger partial charge in [0, 0.05) is 11.9 Å². The van der Waals surface area contributed by atoms with Gasteiger partial charge in [-0.3, -0.25) is 9.20 Å². The molecular weight excluding hydrogens is 317 g/mol. The molecule has 0 saturated carbocycles. The highest BCUT2D eigenvalue weighted by Gasteiger charge is 2.20. The van der Waals surface area contributed by atoms with E-state index >= 15 is 0 Å². The van der Waals surface area contributed by atoms with Crippen LogP contribution < -0.4 is 5.32 Å². The van der Waals surface area contributed by atoms with E-state index in [2.05, 4.69) is 24.1 Å². The van der Waals surface area contributed by atoms with Crippen molar-refractivity contribution in [1.29, 1.82) is 0 Å². The number of halogens is 1. The first kappa shape index (κ1) is 17.1. The molecule has 0 bridgehead atoms. The molecule has 4 nitrogen and oxygen atoms in total. The lowest BCUT2D eigenvalue weighted by Crippen LogP contribution is -2.17. The summed E-state index contributed by atoms with van der Waals surface area (Å²) in [6, 6.07) is 10.7. The van der Waals surface area contributed by atoms with Crippen molar-refractivity contribution in [1.82, 2.24) is 9.38 Å². The second-order valence-electron chi connectivity index (χ2n) is 6.19. The van der Waals surface area contributed by atoms with Crippen LogP contribution in [0, 0.1) is 5.82 Å². The third kappa shape index (κ3) is 3.27. The molecule has 5 heteroatoms. The normalized spacial score (nSPS) is 12.3. The van der Waals surface area contributed by atoms with Crippen molar-refractivity contribution in [2.75, 3.05) is 5.32 Å². The van der Waals surface area contributed by atoms with Crippen LogP contribution in [0.25, 0.3) is 5.65 Å². The van der Waals surface area contributed by atoms with Gasteiger partial charge in [-0.1, -0.05) is 39.0 Å². The number of rotatable bonds is 5. The monoisotopic (exact) mass is 339 g/mol. The number of amides is 1. The van der Waals surface area contributed by atoms with Crippen LogP contribution in [0.2, 0.25) is 0 Å². The molecule has 0 aliphatic rings. The SMILES string of the molecule is CCc1nc2ccc(F)cn2c1C(=O)Nc1ccccc1C(C)CC.